The molecule has 2 amide bonds. The van der Waals surface area contributed by atoms with Crippen molar-refractivity contribution >= 4 is 17.5 Å². The van der Waals surface area contributed by atoms with Crippen molar-refractivity contribution in [1.29, 1.82) is 5.26 Å². The highest BCUT2D eigenvalue weighted by molar-refractivity contribution is 6.02. The van der Waals surface area contributed by atoms with Gasteiger partial charge in [0.25, 0.3) is 5.91 Å². The van der Waals surface area contributed by atoms with E-state index in [1.165, 1.54) is 0 Å². The van der Waals surface area contributed by atoms with Crippen LogP contribution in [0, 0.1) is 18.3 Å². The third kappa shape index (κ3) is 3.38. The molecule has 2 aromatic carbocycles. The maximum Gasteiger partial charge on any atom is 0.254 e. The summed E-state index contributed by atoms with van der Waals surface area (Å²) in [4.78, 5) is 28.6. The fraction of sp³-hybridized carbons (Fsp3) is 0.250. The van der Waals surface area contributed by atoms with Crippen molar-refractivity contribution in [2.45, 2.75) is 19.9 Å². The van der Waals surface area contributed by atoms with Gasteiger partial charge in [-0.1, -0.05) is 23.8 Å². The zero-order valence-corrected chi connectivity index (χ0v) is 14.3. The molecule has 5 nitrogen and oxygen atoms in total. The molecule has 0 spiro atoms. The first kappa shape index (κ1) is 16.7. The van der Waals surface area contributed by atoms with E-state index in [9.17, 15) is 9.59 Å². The molecule has 0 saturated carbocycles. The number of nitrogens with zero attached hydrogens (tertiary/aromatic N) is 3. The molecule has 0 aliphatic carbocycles. The van der Waals surface area contributed by atoms with Gasteiger partial charge in [-0.15, -0.1) is 0 Å². The lowest BCUT2D eigenvalue weighted by Crippen LogP contribution is -2.57. The van der Waals surface area contributed by atoms with Crippen molar-refractivity contribution in [3.8, 4) is 6.07 Å². The molecule has 0 N–H and O–H groups in total. The molecule has 1 fully saturated rings. The lowest BCUT2D eigenvalue weighted by molar-refractivity contribution is -0.121. The third-order valence-corrected chi connectivity index (χ3v) is 4.43. The van der Waals surface area contributed by atoms with Crippen LogP contribution in [-0.2, 0) is 4.79 Å². The van der Waals surface area contributed by atoms with E-state index < -0.39 is 0 Å². The summed E-state index contributed by atoms with van der Waals surface area (Å²) in [7, 11) is 0. The molecule has 1 aliphatic heterocycles. The molecule has 0 aromatic heterocycles. The molecule has 1 heterocycles. The highest BCUT2D eigenvalue weighted by Gasteiger charge is 2.33. The van der Waals surface area contributed by atoms with Gasteiger partial charge in [0.1, 0.15) is 6.54 Å². The van der Waals surface area contributed by atoms with Crippen molar-refractivity contribution in [2.24, 2.45) is 0 Å². The quantitative estimate of drug-likeness (QED) is 0.849. The first-order valence-corrected chi connectivity index (χ1v) is 8.18. The summed E-state index contributed by atoms with van der Waals surface area (Å²) >= 11 is 0. The number of benzene rings is 2. The van der Waals surface area contributed by atoms with Gasteiger partial charge in [-0.2, -0.15) is 5.26 Å². The summed E-state index contributed by atoms with van der Waals surface area (Å²) in [5, 5.41) is 8.99. The van der Waals surface area contributed by atoms with E-state index in [1.807, 2.05) is 44.2 Å². The van der Waals surface area contributed by atoms with Crippen LogP contribution in [-0.4, -0.2) is 35.8 Å². The second-order valence-electron chi connectivity index (χ2n) is 6.31. The summed E-state index contributed by atoms with van der Waals surface area (Å²) in [6, 6.07) is 16.3. The summed E-state index contributed by atoms with van der Waals surface area (Å²) in [5.74, 6) is -0.326. The molecule has 3 rings (SSSR count). The minimum Gasteiger partial charge on any atom is -0.325 e. The molecule has 126 valence electrons. The lowest BCUT2D eigenvalue weighted by atomic mass is 10.1. The van der Waals surface area contributed by atoms with E-state index in [0.717, 1.165) is 11.3 Å². The Morgan fingerprint density at radius 1 is 1.20 bits per heavy atom. The minimum atomic E-state index is -0.221. The fourth-order valence-corrected chi connectivity index (χ4v) is 2.99. The first-order chi connectivity index (χ1) is 12.0. The number of anilines is 1. The highest BCUT2D eigenvalue weighted by atomic mass is 16.2. The van der Waals surface area contributed by atoms with Gasteiger partial charge >= 0.3 is 0 Å². The molecule has 25 heavy (non-hydrogen) atoms. The van der Waals surface area contributed by atoms with E-state index in [2.05, 4.69) is 0 Å². The number of rotatable bonds is 2. The van der Waals surface area contributed by atoms with Crippen LogP contribution in [0.3, 0.4) is 0 Å². The molecule has 5 heteroatoms. The largest absolute Gasteiger partial charge is 0.325 e. The monoisotopic (exact) mass is 333 g/mol. The van der Waals surface area contributed by atoms with Gasteiger partial charge < -0.3 is 9.80 Å². The Bertz CT molecular complexity index is 852. The predicted octanol–water partition coefficient (Wildman–Crippen LogP) is 2.74. The van der Waals surface area contributed by atoms with Gasteiger partial charge in [-0.3, -0.25) is 9.59 Å². The van der Waals surface area contributed by atoms with Crippen LogP contribution in [0.1, 0.15) is 28.4 Å². The minimum absolute atomic E-state index is 0.0324. The van der Waals surface area contributed by atoms with Crippen LogP contribution < -0.4 is 4.90 Å². The number of amides is 2. The summed E-state index contributed by atoms with van der Waals surface area (Å²) in [6.07, 6.45) is 0. The first-order valence-electron chi connectivity index (χ1n) is 8.18. The van der Waals surface area contributed by atoms with E-state index >= 15 is 0 Å². The van der Waals surface area contributed by atoms with Gasteiger partial charge in [0.2, 0.25) is 5.91 Å². The topological polar surface area (TPSA) is 64.4 Å². The van der Waals surface area contributed by atoms with Gasteiger partial charge in [0.15, 0.2) is 0 Å². The van der Waals surface area contributed by atoms with E-state index in [4.69, 9.17) is 5.26 Å². The second kappa shape index (κ2) is 6.78. The van der Waals surface area contributed by atoms with Crippen molar-refractivity contribution in [3.63, 3.8) is 0 Å². The smallest absolute Gasteiger partial charge is 0.254 e. The second-order valence-corrected chi connectivity index (χ2v) is 6.31. The van der Waals surface area contributed by atoms with Gasteiger partial charge in [-0.25, -0.2) is 0 Å². The van der Waals surface area contributed by atoms with Gasteiger partial charge in [-0.05, 0) is 44.2 Å². The van der Waals surface area contributed by atoms with Crippen molar-refractivity contribution in [2.75, 3.05) is 18.0 Å². The molecule has 0 bridgehead atoms. The SMILES string of the molecule is Cc1ccc(N2CC(C)N(C(=O)c3cccc(C#N)c3)CC2=O)cc1. The van der Waals surface area contributed by atoms with Crippen molar-refractivity contribution in [3.05, 3.63) is 65.2 Å². The molecule has 2 aromatic rings. The van der Waals surface area contributed by atoms with E-state index in [0.29, 0.717) is 17.7 Å². The maximum atomic E-state index is 12.8. The van der Waals surface area contributed by atoms with Crippen molar-refractivity contribution in [1.82, 2.24) is 4.90 Å². The summed E-state index contributed by atoms with van der Waals surface area (Å²) in [6.45, 7) is 4.41. The fourth-order valence-electron chi connectivity index (χ4n) is 2.99. The van der Waals surface area contributed by atoms with Crippen LogP contribution in [0.2, 0.25) is 0 Å². The van der Waals surface area contributed by atoms with Crippen LogP contribution in [0.5, 0.6) is 0 Å². The Morgan fingerprint density at radius 2 is 1.92 bits per heavy atom. The zero-order valence-electron chi connectivity index (χ0n) is 14.3. The van der Waals surface area contributed by atoms with Gasteiger partial charge in [0, 0.05) is 23.8 Å². The standard InChI is InChI=1S/C20H19N3O2/c1-14-6-8-18(9-7-14)23-12-15(2)22(13-19(23)24)20(25)17-5-3-4-16(10-17)11-21/h3-10,15H,12-13H2,1-2H3. The van der Waals surface area contributed by atoms with Crippen LogP contribution in [0.4, 0.5) is 5.69 Å². The Balaban J connectivity index is 1.80. The molecular weight excluding hydrogens is 314 g/mol. The Morgan fingerprint density at radius 3 is 2.60 bits per heavy atom. The summed E-state index contributed by atoms with van der Waals surface area (Å²) < 4.78 is 0. The number of piperazine rings is 1. The summed E-state index contributed by atoms with van der Waals surface area (Å²) in [5.41, 5.74) is 2.85. The maximum absolute atomic E-state index is 12.8. The van der Waals surface area contributed by atoms with Gasteiger partial charge in [0.05, 0.1) is 11.6 Å². The molecular formula is C20H19N3O2. The number of carbonyl (C=O) groups excluding carboxylic acids is 2. The number of hydrogen-bond acceptors (Lipinski definition) is 3. The van der Waals surface area contributed by atoms with E-state index in [1.54, 1.807) is 34.1 Å². The average Bonchev–Trinajstić information content (AvgIpc) is 2.63. The normalized spacial score (nSPS) is 17.3. The molecule has 1 saturated heterocycles. The van der Waals surface area contributed by atoms with E-state index in [-0.39, 0.29) is 24.4 Å². The van der Waals surface area contributed by atoms with Crippen LogP contribution >= 0.6 is 0 Å². The third-order valence-electron chi connectivity index (χ3n) is 4.43. The lowest BCUT2D eigenvalue weighted by Gasteiger charge is -2.39. The van der Waals surface area contributed by atoms with Crippen LogP contribution in [0.25, 0.3) is 0 Å². The Kier molecular flexibility index (Phi) is 4.53. The molecule has 1 aliphatic rings. The Labute approximate surface area is 147 Å². The molecule has 0 radical (unpaired) electrons. The predicted molar refractivity (Wildman–Crippen MR) is 95.2 cm³/mol. The average molecular weight is 333 g/mol. The number of carbonyl (C=O) groups is 2. The number of nitriles is 1. The zero-order chi connectivity index (χ0) is 18.0. The van der Waals surface area contributed by atoms with Crippen molar-refractivity contribution < 1.29 is 9.59 Å². The van der Waals surface area contributed by atoms with Crippen LogP contribution in [0.15, 0.2) is 48.5 Å². The molecule has 1 unspecified atom stereocenters. The molecule has 1 atom stereocenters. The number of aryl methyl sites for hydroxylation is 1. The Hall–Kier alpha value is -3.13. The number of hydrogen-bond donors (Lipinski definition) is 0. The highest BCUT2D eigenvalue weighted by Crippen LogP contribution is 2.22.